The molecule has 1 aliphatic heterocycles. The lowest BCUT2D eigenvalue weighted by molar-refractivity contribution is -0.117. The van der Waals surface area contributed by atoms with Crippen molar-refractivity contribution in [3.8, 4) is 0 Å². The molecule has 0 bridgehead atoms. The molecule has 2 N–H and O–H groups in total. The number of nitrogens with zero attached hydrogens (tertiary/aromatic N) is 1. The maximum absolute atomic E-state index is 12.2. The number of hydrogen-bond acceptors (Lipinski definition) is 4. The van der Waals surface area contributed by atoms with E-state index in [1.54, 1.807) is 17.0 Å². The molecular weight excluding hydrogens is 338 g/mol. The number of anilines is 2. The topological polar surface area (TPSA) is 78.5 Å². The van der Waals surface area contributed by atoms with Crippen molar-refractivity contribution in [2.45, 2.75) is 26.3 Å². The Morgan fingerprint density at radius 3 is 2.56 bits per heavy atom. The average Bonchev–Trinajstić information content (AvgIpc) is 3.22. The molecule has 0 spiro atoms. The molecule has 130 valence electrons. The van der Waals surface area contributed by atoms with E-state index in [9.17, 15) is 14.4 Å². The predicted molar refractivity (Wildman–Crippen MR) is 97.8 cm³/mol. The van der Waals surface area contributed by atoms with Crippen LogP contribution in [0.2, 0.25) is 0 Å². The van der Waals surface area contributed by atoms with Gasteiger partial charge in [-0.2, -0.15) is 0 Å². The van der Waals surface area contributed by atoms with Crippen LogP contribution in [-0.2, 0) is 16.1 Å². The molecule has 1 saturated heterocycles. The van der Waals surface area contributed by atoms with Crippen LogP contribution in [0, 0.1) is 0 Å². The molecule has 0 aliphatic carbocycles. The van der Waals surface area contributed by atoms with Crippen LogP contribution in [0.1, 0.15) is 35.0 Å². The lowest BCUT2D eigenvalue weighted by Gasteiger charge is -2.16. The molecule has 0 unspecified atom stereocenters. The van der Waals surface area contributed by atoms with Gasteiger partial charge in [0, 0.05) is 32.1 Å². The largest absolute Gasteiger partial charge is 0.347 e. The summed E-state index contributed by atoms with van der Waals surface area (Å²) in [4.78, 5) is 37.3. The SMILES string of the molecule is CC(=O)Nc1ccc(C(=O)NCc2ccc(N3CCCC3=O)cc2)s1. The minimum Gasteiger partial charge on any atom is -0.347 e. The van der Waals surface area contributed by atoms with Crippen molar-refractivity contribution in [1.82, 2.24) is 5.32 Å². The monoisotopic (exact) mass is 357 g/mol. The molecule has 2 heterocycles. The number of benzene rings is 1. The van der Waals surface area contributed by atoms with Gasteiger partial charge in [-0.1, -0.05) is 12.1 Å². The van der Waals surface area contributed by atoms with Crippen molar-refractivity contribution in [2.75, 3.05) is 16.8 Å². The zero-order valence-corrected chi connectivity index (χ0v) is 14.7. The zero-order valence-electron chi connectivity index (χ0n) is 13.9. The predicted octanol–water partition coefficient (Wildman–Crippen LogP) is 2.76. The molecule has 1 aliphatic rings. The third-order valence-corrected chi connectivity index (χ3v) is 4.90. The first-order valence-corrected chi connectivity index (χ1v) is 8.89. The van der Waals surface area contributed by atoms with Gasteiger partial charge in [0.05, 0.1) is 9.88 Å². The van der Waals surface area contributed by atoms with E-state index in [2.05, 4.69) is 10.6 Å². The molecule has 0 saturated carbocycles. The first kappa shape index (κ1) is 17.2. The second-order valence-corrected chi connectivity index (χ2v) is 6.93. The Kier molecular flexibility index (Phi) is 5.14. The highest BCUT2D eigenvalue weighted by Crippen LogP contribution is 2.23. The zero-order chi connectivity index (χ0) is 17.8. The van der Waals surface area contributed by atoms with Crippen molar-refractivity contribution < 1.29 is 14.4 Å². The maximum atomic E-state index is 12.2. The van der Waals surface area contributed by atoms with Gasteiger partial charge in [-0.25, -0.2) is 0 Å². The van der Waals surface area contributed by atoms with Gasteiger partial charge >= 0.3 is 0 Å². The number of carbonyl (C=O) groups is 3. The van der Waals surface area contributed by atoms with E-state index >= 15 is 0 Å². The van der Waals surface area contributed by atoms with Crippen LogP contribution in [-0.4, -0.2) is 24.3 Å². The molecule has 1 fully saturated rings. The van der Waals surface area contributed by atoms with Crippen LogP contribution in [0.4, 0.5) is 10.7 Å². The summed E-state index contributed by atoms with van der Waals surface area (Å²) in [6.07, 6.45) is 1.51. The van der Waals surface area contributed by atoms with Gasteiger partial charge in [-0.15, -0.1) is 11.3 Å². The van der Waals surface area contributed by atoms with Crippen LogP contribution in [0.15, 0.2) is 36.4 Å². The molecule has 25 heavy (non-hydrogen) atoms. The fourth-order valence-corrected chi connectivity index (χ4v) is 3.55. The number of amides is 3. The minimum atomic E-state index is -0.180. The number of nitrogens with one attached hydrogen (secondary N) is 2. The Morgan fingerprint density at radius 2 is 1.92 bits per heavy atom. The van der Waals surface area contributed by atoms with Gasteiger partial charge in [0.15, 0.2) is 0 Å². The highest BCUT2D eigenvalue weighted by atomic mass is 32.1. The molecule has 0 radical (unpaired) electrons. The quantitative estimate of drug-likeness (QED) is 0.864. The van der Waals surface area contributed by atoms with Crippen LogP contribution in [0.25, 0.3) is 0 Å². The minimum absolute atomic E-state index is 0.161. The van der Waals surface area contributed by atoms with Gasteiger partial charge < -0.3 is 15.5 Å². The Hall–Kier alpha value is -2.67. The highest BCUT2D eigenvalue weighted by molar-refractivity contribution is 7.18. The molecular formula is C18H19N3O3S. The third-order valence-electron chi connectivity index (χ3n) is 3.90. The van der Waals surface area contributed by atoms with Gasteiger partial charge in [0.2, 0.25) is 11.8 Å². The molecule has 0 atom stereocenters. The Bertz CT molecular complexity index is 798. The van der Waals surface area contributed by atoms with E-state index < -0.39 is 0 Å². The molecule has 3 rings (SSSR count). The molecule has 6 nitrogen and oxygen atoms in total. The van der Waals surface area contributed by atoms with Crippen LogP contribution in [0.3, 0.4) is 0 Å². The summed E-state index contributed by atoms with van der Waals surface area (Å²) in [5.74, 6) is -0.181. The van der Waals surface area contributed by atoms with Crippen molar-refractivity contribution >= 4 is 39.7 Å². The number of rotatable bonds is 5. The van der Waals surface area contributed by atoms with E-state index in [-0.39, 0.29) is 17.7 Å². The van der Waals surface area contributed by atoms with Crippen LogP contribution < -0.4 is 15.5 Å². The normalized spacial score (nSPS) is 13.8. The molecule has 7 heteroatoms. The summed E-state index contributed by atoms with van der Waals surface area (Å²) in [7, 11) is 0. The molecule has 1 aromatic heterocycles. The lowest BCUT2D eigenvalue weighted by Crippen LogP contribution is -2.24. The van der Waals surface area contributed by atoms with Gasteiger partial charge in [0.25, 0.3) is 5.91 Å². The molecule has 2 aromatic rings. The van der Waals surface area contributed by atoms with E-state index in [4.69, 9.17) is 0 Å². The summed E-state index contributed by atoms with van der Waals surface area (Å²) in [6.45, 7) is 2.60. The fraction of sp³-hybridized carbons (Fsp3) is 0.278. The smallest absolute Gasteiger partial charge is 0.261 e. The first-order chi connectivity index (χ1) is 12.0. The maximum Gasteiger partial charge on any atom is 0.261 e. The van der Waals surface area contributed by atoms with Gasteiger partial charge in [0.1, 0.15) is 0 Å². The van der Waals surface area contributed by atoms with E-state index in [1.807, 2.05) is 24.3 Å². The molecule has 1 aromatic carbocycles. The lowest BCUT2D eigenvalue weighted by atomic mass is 10.2. The van der Waals surface area contributed by atoms with Crippen molar-refractivity contribution in [3.63, 3.8) is 0 Å². The second-order valence-electron chi connectivity index (χ2n) is 5.84. The Morgan fingerprint density at radius 1 is 1.16 bits per heavy atom. The van der Waals surface area contributed by atoms with Crippen molar-refractivity contribution in [1.29, 1.82) is 0 Å². The van der Waals surface area contributed by atoms with Crippen LogP contribution >= 0.6 is 11.3 Å². The fourth-order valence-electron chi connectivity index (χ4n) is 2.68. The number of hydrogen-bond donors (Lipinski definition) is 2. The third kappa shape index (κ3) is 4.24. The Balaban J connectivity index is 1.56. The van der Waals surface area contributed by atoms with E-state index in [0.717, 1.165) is 24.2 Å². The van der Waals surface area contributed by atoms with E-state index in [1.165, 1.54) is 18.3 Å². The van der Waals surface area contributed by atoms with Crippen LogP contribution in [0.5, 0.6) is 0 Å². The summed E-state index contributed by atoms with van der Waals surface area (Å²) in [5.41, 5.74) is 1.86. The molecule has 3 amide bonds. The summed E-state index contributed by atoms with van der Waals surface area (Å²) >= 11 is 1.24. The summed E-state index contributed by atoms with van der Waals surface area (Å²) < 4.78 is 0. The summed E-state index contributed by atoms with van der Waals surface area (Å²) in [5, 5.41) is 6.17. The van der Waals surface area contributed by atoms with E-state index in [0.29, 0.717) is 22.8 Å². The second kappa shape index (κ2) is 7.48. The van der Waals surface area contributed by atoms with Gasteiger partial charge in [-0.3, -0.25) is 14.4 Å². The first-order valence-electron chi connectivity index (χ1n) is 8.08. The average molecular weight is 357 g/mol. The number of carbonyl (C=O) groups excluding carboxylic acids is 3. The number of thiophene rings is 1. The van der Waals surface area contributed by atoms with Gasteiger partial charge in [-0.05, 0) is 36.2 Å². The summed E-state index contributed by atoms with van der Waals surface area (Å²) in [6, 6.07) is 11.0. The highest BCUT2D eigenvalue weighted by Gasteiger charge is 2.21. The standard InChI is InChI=1S/C18H19N3O3S/c1-12(22)20-16-9-8-15(25-16)18(24)19-11-13-4-6-14(7-5-13)21-10-2-3-17(21)23/h4-9H,2-3,10-11H2,1H3,(H,19,24)(H,20,22). The van der Waals surface area contributed by atoms with Crippen molar-refractivity contribution in [3.05, 3.63) is 46.8 Å². The van der Waals surface area contributed by atoms with Crippen molar-refractivity contribution in [2.24, 2.45) is 0 Å². The Labute approximate surface area is 149 Å².